The average Bonchev–Trinajstić information content (AvgIpc) is 2.87. The van der Waals surface area contributed by atoms with Gasteiger partial charge in [-0.25, -0.2) is 8.42 Å². The number of hydrogen-bond acceptors (Lipinski definition) is 6. The smallest absolute Gasteiger partial charge is 0.261 e. The van der Waals surface area contributed by atoms with Gasteiger partial charge in [0.25, 0.3) is 15.9 Å². The molecule has 4 rings (SSSR count). The predicted octanol–water partition coefficient (Wildman–Crippen LogP) is 5.60. The van der Waals surface area contributed by atoms with Crippen LogP contribution in [0.5, 0.6) is 5.75 Å². The second-order valence-corrected chi connectivity index (χ2v) is 10.8. The molecule has 0 saturated carbocycles. The van der Waals surface area contributed by atoms with E-state index in [1.54, 1.807) is 42.6 Å². The van der Waals surface area contributed by atoms with Crippen molar-refractivity contribution in [2.24, 2.45) is 0 Å². The van der Waals surface area contributed by atoms with Gasteiger partial charge < -0.3 is 15.4 Å². The number of pyridine rings is 1. The number of carbonyl (C=O) groups excluding carboxylic acids is 1. The lowest BCUT2D eigenvalue weighted by Crippen LogP contribution is -2.32. The molecule has 0 aliphatic heterocycles. The van der Waals surface area contributed by atoms with Crippen molar-refractivity contribution in [2.75, 3.05) is 29.7 Å². The molecule has 0 spiro atoms. The molecule has 192 valence electrons. The molecule has 1 amide bonds. The highest BCUT2D eigenvalue weighted by Crippen LogP contribution is 2.28. The topological polar surface area (TPSA) is 109 Å². The SMILES string of the molecule is O=C(COc1ccc(S(=O)(=O)Nc2ccc(Cl)cc2)cc1Cl)NCCNc1ccnc2cc(Cl)ccc12. The van der Waals surface area contributed by atoms with Crippen LogP contribution in [0.2, 0.25) is 15.1 Å². The summed E-state index contributed by atoms with van der Waals surface area (Å²) < 4.78 is 33.2. The molecular formula is C25H21Cl3N4O4S. The molecule has 0 saturated heterocycles. The highest BCUT2D eigenvalue weighted by atomic mass is 35.5. The lowest BCUT2D eigenvalue weighted by molar-refractivity contribution is -0.123. The van der Waals surface area contributed by atoms with Gasteiger partial charge in [-0.15, -0.1) is 0 Å². The van der Waals surface area contributed by atoms with E-state index in [-0.39, 0.29) is 28.2 Å². The lowest BCUT2D eigenvalue weighted by Gasteiger charge is -2.12. The molecule has 0 atom stereocenters. The minimum Gasteiger partial charge on any atom is -0.482 e. The maximum absolute atomic E-state index is 12.6. The van der Waals surface area contributed by atoms with Gasteiger partial charge in [0.1, 0.15) is 5.75 Å². The van der Waals surface area contributed by atoms with Crippen molar-refractivity contribution in [2.45, 2.75) is 4.90 Å². The molecule has 0 fully saturated rings. The minimum atomic E-state index is -3.88. The zero-order valence-electron chi connectivity index (χ0n) is 19.2. The first-order valence-corrected chi connectivity index (χ1v) is 13.6. The van der Waals surface area contributed by atoms with Gasteiger partial charge in [-0.3, -0.25) is 14.5 Å². The molecule has 0 unspecified atom stereocenters. The molecule has 12 heteroatoms. The molecule has 3 aromatic carbocycles. The van der Waals surface area contributed by atoms with Crippen LogP contribution in [0.4, 0.5) is 11.4 Å². The van der Waals surface area contributed by atoms with E-state index in [0.717, 1.165) is 16.6 Å². The largest absolute Gasteiger partial charge is 0.482 e. The third-order valence-corrected chi connectivity index (χ3v) is 7.30. The van der Waals surface area contributed by atoms with Crippen LogP contribution in [0.1, 0.15) is 0 Å². The number of benzene rings is 3. The standard InChI is InChI=1S/C25H21Cl3N4O4S/c26-16-1-4-18(5-2-16)32-37(34,35)19-6-8-24(21(28)14-19)36-15-25(33)31-12-11-30-22-9-10-29-23-13-17(27)3-7-20(22)23/h1-10,13-14,32H,11-12,15H2,(H,29,30)(H,31,33). The number of rotatable bonds is 10. The maximum atomic E-state index is 12.6. The van der Waals surface area contributed by atoms with Gasteiger partial charge in [-0.1, -0.05) is 34.8 Å². The van der Waals surface area contributed by atoms with Crippen molar-refractivity contribution < 1.29 is 17.9 Å². The van der Waals surface area contributed by atoms with E-state index in [1.807, 2.05) is 12.1 Å². The van der Waals surface area contributed by atoms with Crippen molar-refractivity contribution in [1.29, 1.82) is 0 Å². The second-order valence-electron chi connectivity index (χ2n) is 7.79. The summed E-state index contributed by atoms with van der Waals surface area (Å²) in [6.45, 7) is 0.536. The molecular weight excluding hydrogens is 559 g/mol. The number of nitrogens with one attached hydrogen (secondary N) is 3. The van der Waals surface area contributed by atoms with Gasteiger partial charge in [-0.2, -0.15) is 0 Å². The molecule has 8 nitrogen and oxygen atoms in total. The van der Waals surface area contributed by atoms with E-state index in [0.29, 0.717) is 28.8 Å². The Balaban J connectivity index is 1.26. The second kappa shape index (κ2) is 11.9. The zero-order chi connectivity index (χ0) is 26.4. The lowest BCUT2D eigenvalue weighted by atomic mass is 10.2. The first-order chi connectivity index (χ1) is 17.7. The molecule has 0 aliphatic rings. The van der Waals surface area contributed by atoms with Gasteiger partial charge in [0.2, 0.25) is 0 Å². The molecule has 3 N–H and O–H groups in total. The van der Waals surface area contributed by atoms with E-state index in [4.69, 9.17) is 39.5 Å². The Labute approximate surface area is 229 Å². The summed E-state index contributed by atoms with van der Waals surface area (Å²) >= 11 is 18.1. The number of carbonyl (C=O) groups is 1. The highest BCUT2D eigenvalue weighted by Gasteiger charge is 2.17. The van der Waals surface area contributed by atoms with Crippen molar-refractivity contribution in [1.82, 2.24) is 10.3 Å². The number of amides is 1. The van der Waals surface area contributed by atoms with E-state index >= 15 is 0 Å². The van der Waals surface area contributed by atoms with E-state index in [2.05, 4.69) is 20.3 Å². The van der Waals surface area contributed by atoms with Crippen LogP contribution in [-0.2, 0) is 14.8 Å². The first-order valence-electron chi connectivity index (χ1n) is 11.0. The van der Waals surface area contributed by atoms with Crippen molar-refractivity contribution in [3.05, 3.63) is 88.0 Å². The first kappa shape index (κ1) is 26.8. The predicted molar refractivity (Wildman–Crippen MR) is 147 cm³/mol. The van der Waals surface area contributed by atoms with Crippen LogP contribution in [0.25, 0.3) is 10.9 Å². The summed E-state index contributed by atoms with van der Waals surface area (Å²) in [5.74, 6) is -0.173. The Morgan fingerprint density at radius 2 is 1.65 bits per heavy atom. The Morgan fingerprint density at radius 3 is 2.41 bits per heavy atom. The fourth-order valence-electron chi connectivity index (χ4n) is 3.37. The van der Waals surface area contributed by atoms with Crippen molar-refractivity contribution >= 4 is 73.0 Å². The Hall–Kier alpha value is -3.24. The summed E-state index contributed by atoms with van der Waals surface area (Å²) in [6, 6.07) is 17.5. The normalized spacial score (nSPS) is 11.2. The maximum Gasteiger partial charge on any atom is 0.261 e. The Bertz CT molecular complexity index is 1530. The molecule has 1 heterocycles. The van der Waals surface area contributed by atoms with Gasteiger partial charge in [0.15, 0.2) is 6.61 Å². The summed E-state index contributed by atoms with van der Waals surface area (Å²) in [6.07, 6.45) is 1.68. The zero-order valence-corrected chi connectivity index (χ0v) is 22.3. The molecule has 4 aromatic rings. The number of halogens is 3. The number of nitrogens with zero attached hydrogens (tertiary/aromatic N) is 1. The highest BCUT2D eigenvalue weighted by molar-refractivity contribution is 7.92. The number of fused-ring (bicyclic) bond motifs is 1. The fourth-order valence-corrected chi connectivity index (χ4v) is 5.04. The fraction of sp³-hybridized carbons (Fsp3) is 0.120. The summed E-state index contributed by atoms with van der Waals surface area (Å²) in [5.41, 5.74) is 2.00. The number of aromatic nitrogens is 1. The summed E-state index contributed by atoms with van der Waals surface area (Å²) in [7, 11) is -3.88. The third-order valence-electron chi connectivity index (χ3n) is 5.14. The van der Waals surface area contributed by atoms with Gasteiger partial charge in [-0.05, 0) is 66.7 Å². The van der Waals surface area contributed by atoms with E-state index < -0.39 is 10.0 Å². The van der Waals surface area contributed by atoms with E-state index in [9.17, 15) is 13.2 Å². The monoisotopic (exact) mass is 578 g/mol. The number of anilines is 2. The van der Waals surface area contributed by atoms with Crippen molar-refractivity contribution in [3.8, 4) is 5.75 Å². The average molecular weight is 580 g/mol. The van der Waals surface area contributed by atoms with Crippen LogP contribution in [0.15, 0.2) is 77.8 Å². The van der Waals surface area contributed by atoms with Crippen LogP contribution in [0.3, 0.4) is 0 Å². The quantitative estimate of drug-likeness (QED) is 0.211. The Kier molecular flexibility index (Phi) is 8.60. The van der Waals surface area contributed by atoms with Crippen LogP contribution >= 0.6 is 34.8 Å². The summed E-state index contributed by atoms with van der Waals surface area (Å²) in [4.78, 5) is 16.4. The molecule has 0 radical (unpaired) electrons. The number of sulfonamides is 1. The van der Waals surface area contributed by atoms with Crippen LogP contribution < -0.4 is 20.1 Å². The third kappa shape index (κ3) is 7.17. The molecule has 1 aromatic heterocycles. The van der Waals surface area contributed by atoms with Crippen LogP contribution in [-0.4, -0.2) is 39.0 Å². The van der Waals surface area contributed by atoms with Gasteiger partial charge in [0.05, 0.1) is 15.4 Å². The minimum absolute atomic E-state index is 0.0538. The molecule has 0 bridgehead atoms. The number of hydrogen-bond donors (Lipinski definition) is 3. The Morgan fingerprint density at radius 1 is 0.892 bits per heavy atom. The number of ether oxygens (including phenoxy) is 1. The molecule has 37 heavy (non-hydrogen) atoms. The van der Waals surface area contributed by atoms with Crippen molar-refractivity contribution in [3.63, 3.8) is 0 Å². The van der Waals surface area contributed by atoms with Gasteiger partial charge >= 0.3 is 0 Å². The summed E-state index contributed by atoms with van der Waals surface area (Å²) in [5, 5.41) is 8.07. The van der Waals surface area contributed by atoms with E-state index in [1.165, 1.54) is 18.2 Å². The van der Waals surface area contributed by atoms with Gasteiger partial charge in [0, 0.05) is 46.1 Å². The van der Waals surface area contributed by atoms with Crippen LogP contribution in [0, 0.1) is 0 Å². The molecule has 0 aliphatic carbocycles.